The van der Waals surface area contributed by atoms with E-state index in [0.29, 0.717) is 6.04 Å². The van der Waals surface area contributed by atoms with Crippen molar-refractivity contribution in [1.29, 1.82) is 0 Å². The maximum atomic E-state index is 4.44. The van der Waals surface area contributed by atoms with Crippen LogP contribution in [0.4, 0.5) is 0 Å². The van der Waals surface area contributed by atoms with Gasteiger partial charge in [-0.2, -0.15) is 0 Å². The van der Waals surface area contributed by atoms with E-state index >= 15 is 0 Å². The number of nitrogens with zero attached hydrogens (tertiary/aromatic N) is 2. The minimum atomic E-state index is 0.333. The van der Waals surface area contributed by atoms with E-state index in [0.717, 1.165) is 23.0 Å². The van der Waals surface area contributed by atoms with Crippen LogP contribution in [0.15, 0.2) is 17.0 Å². The van der Waals surface area contributed by atoms with Crippen LogP contribution in [0.1, 0.15) is 28.7 Å². The highest BCUT2D eigenvalue weighted by Crippen LogP contribution is 2.14. The van der Waals surface area contributed by atoms with Crippen molar-refractivity contribution in [3.63, 3.8) is 0 Å². The fraction of sp³-hybridized carbons (Fsp3) is 0.455. The Hall–Kier alpha value is -0.780. The first-order chi connectivity index (χ1) is 7.75. The molecule has 0 amide bonds. The molecule has 0 bridgehead atoms. The Labute approximate surface area is 104 Å². The lowest BCUT2D eigenvalue weighted by Gasteiger charge is -2.09. The maximum Gasteiger partial charge on any atom is 0.109 e. The zero-order chi connectivity index (χ0) is 11.4. The van der Waals surface area contributed by atoms with Crippen molar-refractivity contribution in [2.24, 2.45) is 0 Å². The average Bonchev–Trinajstić information content (AvgIpc) is 2.89. The Morgan fingerprint density at radius 1 is 1.44 bits per heavy atom. The SMILES string of the molecule is Cc1nc(CCNC(C)c2nccs2)cs1. The highest BCUT2D eigenvalue weighted by molar-refractivity contribution is 7.09. The van der Waals surface area contributed by atoms with Crippen LogP contribution in [-0.4, -0.2) is 16.5 Å². The van der Waals surface area contributed by atoms with Crippen molar-refractivity contribution >= 4 is 22.7 Å². The topological polar surface area (TPSA) is 37.8 Å². The Balaban J connectivity index is 1.76. The van der Waals surface area contributed by atoms with Crippen LogP contribution in [0.2, 0.25) is 0 Å². The van der Waals surface area contributed by atoms with Gasteiger partial charge in [0.1, 0.15) is 5.01 Å². The second kappa shape index (κ2) is 5.52. The molecule has 0 aliphatic carbocycles. The quantitative estimate of drug-likeness (QED) is 0.890. The van der Waals surface area contributed by atoms with Gasteiger partial charge in [-0.15, -0.1) is 22.7 Å². The Bertz CT molecular complexity index is 422. The number of nitrogens with one attached hydrogen (secondary N) is 1. The lowest BCUT2D eigenvalue weighted by Crippen LogP contribution is -2.21. The Morgan fingerprint density at radius 3 is 2.94 bits per heavy atom. The number of hydrogen-bond acceptors (Lipinski definition) is 5. The summed E-state index contributed by atoms with van der Waals surface area (Å²) in [4.78, 5) is 8.72. The lowest BCUT2D eigenvalue weighted by atomic mass is 10.3. The van der Waals surface area contributed by atoms with Gasteiger partial charge in [0.15, 0.2) is 0 Å². The molecule has 0 fully saturated rings. The van der Waals surface area contributed by atoms with Crippen LogP contribution in [0.25, 0.3) is 0 Å². The molecule has 16 heavy (non-hydrogen) atoms. The van der Waals surface area contributed by atoms with E-state index in [1.807, 2.05) is 18.5 Å². The lowest BCUT2D eigenvalue weighted by molar-refractivity contribution is 0.571. The number of thiazole rings is 2. The number of rotatable bonds is 5. The van der Waals surface area contributed by atoms with Gasteiger partial charge < -0.3 is 5.32 Å². The molecular weight excluding hydrogens is 238 g/mol. The largest absolute Gasteiger partial charge is 0.308 e. The first-order valence-corrected chi connectivity index (χ1v) is 7.05. The van der Waals surface area contributed by atoms with Crippen molar-refractivity contribution in [1.82, 2.24) is 15.3 Å². The molecule has 0 aromatic carbocycles. The summed E-state index contributed by atoms with van der Waals surface area (Å²) in [5.74, 6) is 0. The summed E-state index contributed by atoms with van der Waals surface area (Å²) in [6, 6.07) is 0.333. The predicted molar refractivity (Wildman–Crippen MR) is 69.1 cm³/mol. The third-order valence-electron chi connectivity index (χ3n) is 2.32. The van der Waals surface area contributed by atoms with Gasteiger partial charge in [-0.1, -0.05) is 0 Å². The van der Waals surface area contributed by atoms with Crippen LogP contribution >= 0.6 is 22.7 Å². The fourth-order valence-corrected chi connectivity index (χ4v) is 2.79. The van der Waals surface area contributed by atoms with E-state index in [-0.39, 0.29) is 0 Å². The minimum Gasteiger partial charge on any atom is -0.308 e. The summed E-state index contributed by atoms with van der Waals surface area (Å²) in [6.45, 7) is 5.13. The van der Waals surface area contributed by atoms with Gasteiger partial charge in [-0.25, -0.2) is 9.97 Å². The highest BCUT2D eigenvalue weighted by Gasteiger charge is 2.06. The van der Waals surface area contributed by atoms with Crippen molar-refractivity contribution in [3.8, 4) is 0 Å². The van der Waals surface area contributed by atoms with E-state index in [1.54, 1.807) is 22.7 Å². The van der Waals surface area contributed by atoms with E-state index < -0.39 is 0 Å². The molecule has 5 heteroatoms. The van der Waals surface area contributed by atoms with Crippen LogP contribution in [0.3, 0.4) is 0 Å². The molecule has 0 spiro atoms. The zero-order valence-electron chi connectivity index (χ0n) is 9.43. The number of aromatic nitrogens is 2. The average molecular weight is 253 g/mol. The van der Waals surface area contributed by atoms with Gasteiger partial charge >= 0.3 is 0 Å². The second-order valence-corrected chi connectivity index (χ2v) is 5.64. The summed E-state index contributed by atoms with van der Waals surface area (Å²) in [7, 11) is 0. The molecule has 0 saturated heterocycles. The smallest absolute Gasteiger partial charge is 0.109 e. The van der Waals surface area contributed by atoms with E-state index in [4.69, 9.17) is 0 Å². The summed E-state index contributed by atoms with van der Waals surface area (Å²) < 4.78 is 0. The molecule has 1 N–H and O–H groups in total. The number of aryl methyl sites for hydroxylation is 1. The molecule has 3 nitrogen and oxygen atoms in total. The third-order valence-corrected chi connectivity index (χ3v) is 4.10. The van der Waals surface area contributed by atoms with Crippen molar-refractivity contribution < 1.29 is 0 Å². The molecule has 0 radical (unpaired) electrons. The van der Waals surface area contributed by atoms with Crippen LogP contribution in [0.5, 0.6) is 0 Å². The minimum absolute atomic E-state index is 0.333. The van der Waals surface area contributed by atoms with Crippen LogP contribution in [0, 0.1) is 6.92 Å². The molecule has 1 unspecified atom stereocenters. The fourth-order valence-electron chi connectivity index (χ4n) is 1.48. The highest BCUT2D eigenvalue weighted by atomic mass is 32.1. The van der Waals surface area contributed by atoms with Gasteiger partial charge in [-0.3, -0.25) is 0 Å². The summed E-state index contributed by atoms with van der Waals surface area (Å²) in [5, 5.41) is 9.89. The molecule has 1 atom stereocenters. The molecule has 2 rings (SSSR count). The van der Waals surface area contributed by atoms with Crippen molar-refractivity contribution in [2.75, 3.05) is 6.54 Å². The van der Waals surface area contributed by atoms with Crippen LogP contribution in [-0.2, 0) is 6.42 Å². The molecule has 2 heterocycles. The van der Waals surface area contributed by atoms with Gasteiger partial charge in [0.25, 0.3) is 0 Å². The summed E-state index contributed by atoms with van der Waals surface area (Å²) in [5.41, 5.74) is 1.18. The van der Waals surface area contributed by atoms with Gasteiger partial charge in [0.05, 0.1) is 16.7 Å². The van der Waals surface area contributed by atoms with Crippen LogP contribution < -0.4 is 5.32 Å². The molecular formula is C11H15N3S2. The molecule has 2 aromatic rings. The molecule has 0 aliphatic heterocycles. The molecule has 2 aromatic heterocycles. The number of hydrogen-bond donors (Lipinski definition) is 1. The van der Waals surface area contributed by atoms with Crippen molar-refractivity contribution in [2.45, 2.75) is 26.3 Å². The van der Waals surface area contributed by atoms with E-state index in [2.05, 4.69) is 27.6 Å². The van der Waals surface area contributed by atoms with Gasteiger partial charge in [0.2, 0.25) is 0 Å². The first-order valence-electron chi connectivity index (χ1n) is 5.29. The zero-order valence-corrected chi connectivity index (χ0v) is 11.1. The standard InChI is InChI=1S/C11H15N3S2/c1-8(11-13-5-6-15-11)12-4-3-10-7-16-9(2)14-10/h5-8,12H,3-4H2,1-2H3. The maximum absolute atomic E-state index is 4.44. The van der Waals surface area contributed by atoms with E-state index in [1.165, 1.54) is 5.69 Å². The van der Waals surface area contributed by atoms with E-state index in [9.17, 15) is 0 Å². The monoisotopic (exact) mass is 253 g/mol. The predicted octanol–water partition coefficient (Wildman–Crippen LogP) is 2.80. The Kier molecular flexibility index (Phi) is 4.04. The second-order valence-electron chi connectivity index (χ2n) is 3.65. The summed E-state index contributed by atoms with van der Waals surface area (Å²) >= 11 is 3.41. The third kappa shape index (κ3) is 3.10. The Morgan fingerprint density at radius 2 is 2.31 bits per heavy atom. The normalized spacial score (nSPS) is 12.9. The summed E-state index contributed by atoms with van der Waals surface area (Å²) in [6.07, 6.45) is 2.84. The van der Waals surface area contributed by atoms with Crippen molar-refractivity contribution in [3.05, 3.63) is 32.7 Å². The van der Waals surface area contributed by atoms with Gasteiger partial charge in [0, 0.05) is 29.9 Å². The first kappa shape index (κ1) is 11.7. The molecule has 0 saturated carbocycles. The molecule has 86 valence electrons. The molecule has 0 aliphatic rings. The van der Waals surface area contributed by atoms with Gasteiger partial charge in [-0.05, 0) is 13.8 Å².